The van der Waals surface area contributed by atoms with E-state index in [0.29, 0.717) is 18.0 Å². The molecule has 3 aromatic rings. The van der Waals surface area contributed by atoms with Crippen LogP contribution in [0.15, 0.2) is 42.5 Å². The van der Waals surface area contributed by atoms with Gasteiger partial charge in [-0.3, -0.25) is 4.68 Å². The third-order valence-electron chi connectivity index (χ3n) is 6.72. The maximum atomic E-state index is 5.02. The van der Waals surface area contributed by atoms with Gasteiger partial charge in [0.1, 0.15) is 0 Å². The lowest BCUT2D eigenvalue weighted by molar-refractivity contribution is 0.381. The van der Waals surface area contributed by atoms with Crippen LogP contribution in [-0.2, 0) is 18.4 Å². The lowest BCUT2D eigenvalue weighted by Crippen LogP contribution is -2.40. The number of hydrogen-bond acceptors (Lipinski definition) is 2. The van der Waals surface area contributed by atoms with Crippen LogP contribution < -0.4 is 4.90 Å². The Bertz CT molecular complexity index is 1030. The van der Waals surface area contributed by atoms with Crippen molar-refractivity contribution in [3.05, 3.63) is 59.3 Å². The fourth-order valence-electron chi connectivity index (χ4n) is 5.11. The van der Waals surface area contributed by atoms with E-state index in [2.05, 4.69) is 101 Å². The first-order valence-corrected chi connectivity index (χ1v) is 11.1. The molecule has 0 fully saturated rings. The summed E-state index contributed by atoms with van der Waals surface area (Å²) in [6, 6.07) is 16.7. The molecule has 1 aromatic heterocycles. The number of hydrogen-bond donors (Lipinski definition) is 0. The summed E-state index contributed by atoms with van der Waals surface area (Å²) < 4.78 is 2.26. The Morgan fingerprint density at radius 1 is 1.07 bits per heavy atom. The Balaban J connectivity index is 1.80. The summed E-state index contributed by atoms with van der Waals surface area (Å²) >= 11 is 0. The maximum Gasteiger partial charge on any atom is 0.0926 e. The number of benzene rings is 2. The Morgan fingerprint density at radius 2 is 1.79 bits per heavy atom. The molecule has 0 N–H and O–H groups in total. The molecule has 0 radical (unpaired) electrons. The maximum absolute atomic E-state index is 5.02. The van der Waals surface area contributed by atoms with E-state index in [4.69, 9.17) is 5.10 Å². The lowest BCUT2D eigenvalue weighted by atomic mass is 9.91. The van der Waals surface area contributed by atoms with E-state index in [9.17, 15) is 0 Å². The molecule has 29 heavy (non-hydrogen) atoms. The molecule has 2 heterocycles. The summed E-state index contributed by atoms with van der Waals surface area (Å²) in [5.41, 5.74) is 6.45. The Labute approximate surface area is 175 Å². The number of anilines is 1. The van der Waals surface area contributed by atoms with Crippen molar-refractivity contribution in [1.29, 1.82) is 0 Å². The van der Waals surface area contributed by atoms with Crippen molar-refractivity contribution in [3.63, 3.8) is 0 Å². The Hall–Kier alpha value is -2.29. The van der Waals surface area contributed by atoms with Gasteiger partial charge in [-0.1, -0.05) is 51.1 Å². The highest BCUT2D eigenvalue weighted by molar-refractivity contribution is 5.81. The smallest absolute Gasteiger partial charge is 0.0926 e. The number of aryl methyl sites for hydroxylation is 1. The number of nitrogens with zero attached hydrogens (tertiary/aromatic N) is 3. The van der Waals surface area contributed by atoms with Crippen molar-refractivity contribution in [2.45, 2.75) is 78.9 Å². The molecule has 4 rings (SSSR count). The highest BCUT2D eigenvalue weighted by Crippen LogP contribution is 2.40. The molecule has 0 bridgehead atoms. The van der Waals surface area contributed by atoms with E-state index >= 15 is 0 Å². The number of aromatic nitrogens is 2. The van der Waals surface area contributed by atoms with Gasteiger partial charge in [-0.25, -0.2) is 0 Å². The van der Waals surface area contributed by atoms with E-state index in [1.807, 2.05) is 0 Å². The third-order valence-corrected chi connectivity index (χ3v) is 6.72. The van der Waals surface area contributed by atoms with Crippen molar-refractivity contribution >= 4 is 16.6 Å². The monoisotopic (exact) mass is 389 g/mol. The second kappa shape index (κ2) is 7.19. The molecule has 154 valence electrons. The van der Waals surface area contributed by atoms with Crippen molar-refractivity contribution < 1.29 is 0 Å². The standard InChI is InChI=1S/C26H35N3/c1-8-23-21-11-9-10-12-22(21)27-29(23)26(6,7)20-13-14-24-19(15-20)16-25(17(2)3)28(24)18(4)5/h9-15,17-18,25H,8,16H2,1-7H3. The summed E-state index contributed by atoms with van der Waals surface area (Å²) in [5, 5.41) is 6.29. The lowest BCUT2D eigenvalue weighted by Gasteiger charge is -2.34. The van der Waals surface area contributed by atoms with Gasteiger partial charge in [-0.2, -0.15) is 5.10 Å². The molecule has 1 atom stereocenters. The molecule has 3 heteroatoms. The zero-order valence-corrected chi connectivity index (χ0v) is 19.0. The average Bonchev–Trinajstić information content (AvgIpc) is 3.26. The molecule has 0 aliphatic carbocycles. The molecular formula is C26H35N3. The first kappa shape index (κ1) is 20.0. The van der Waals surface area contributed by atoms with Crippen LogP contribution in [0.2, 0.25) is 0 Å². The number of fused-ring (bicyclic) bond motifs is 2. The quantitative estimate of drug-likeness (QED) is 0.520. The third kappa shape index (κ3) is 3.15. The average molecular weight is 390 g/mol. The van der Waals surface area contributed by atoms with Gasteiger partial charge in [-0.05, 0) is 69.7 Å². The summed E-state index contributed by atoms with van der Waals surface area (Å²) in [4.78, 5) is 2.62. The second-order valence-electron chi connectivity index (χ2n) is 9.65. The zero-order valence-electron chi connectivity index (χ0n) is 19.0. The largest absolute Gasteiger partial charge is 0.365 e. The van der Waals surface area contributed by atoms with Crippen LogP contribution in [0.4, 0.5) is 5.69 Å². The van der Waals surface area contributed by atoms with Gasteiger partial charge in [-0.15, -0.1) is 0 Å². The summed E-state index contributed by atoms with van der Waals surface area (Å²) in [6.45, 7) is 16.1. The Kier molecular flexibility index (Phi) is 4.96. The zero-order chi connectivity index (χ0) is 20.9. The van der Waals surface area contributed by atoms with E-state index in [1.54, 1.807) is 0 Å². The normalized spacial score (nSPS) is 17.0. The molecule has 2 aromatic carbocycles. The van der Waals surface area contributed by atoms with Crippen LogP contribution in [-0.4, -0.2) is 21.9 Å². The van der Waals surface area contributed by atoms with Crippen molar-refractivity contribution in [2.24, 2.45) is 5.92 Å². The van der Waals surface area contributed by atoms with Crippen LogP contribution in [0.1, 0.15) is 65.3 Å². The van der Waals surface area contributed by atoms with E-state index in [-0.39, 0.29) is 5.54 Å². The van der Waals surface area contributed by atoms with Gasteiger partial charge >= 0.3 is 0 Å². The number of rotatable bonds is 5. The fraction of sp³-hybridized carbons (Fsp3) is 0.500. The highest BCUT2D eigenvalue weighted by Gasteiger charge is 2.35. The minimum absolute atomic E-state index is 0.196. The molecule has 1 aliphatic heterocycles. The molecule has 1 unspecified atom stereocenters. The summed E-state index contributed by atoms with van der Waals surface area (Å²) in [6.07, 6.45) is 2.11. The van der Waals surface area contributed by atoms with Crippen LogP contribution in [0.3, 0.4) is 0 Å². The van der Waals surface area contributed by atoms with Gasteiger partial charge in [0.2, 0.25) is 0 Å². The van der Waals surface area contributed by atoms with Gasteiger partial charge in [0, 0.05) is 28.9 Å². The molecule has 3 nitrogen and oxygen atoms in total. The van der Waals surface area contributed by atoms with Crippen molar-refractivity contribution in [2.75, 3.05) is 4.90 Å². The summed E-state index contributed by atoms with van der Waals surface area (Å²) in [7, 11) is 0. The fourth-order valence-corrected chi connectivity index (χ4v) is 5.11. The molecule has 0 saturated heterocycles. The Morgan fingerprint density at radius 3 is 2.45 bits per heavy atom. The predicted molar refractivity (Wildman–Crippen MR) is 124 cm³/mol. The first-order chi connectivity index (χ1) is 13.8. The van der Waals surface area contributed by atoms with Crippen LogP contribution in [0.5, 0.6) is 0 Å². The predicted octanol–water partition coefficient (Wildman–Crippen LogP) is 6.18. The second-order valence-corrected chi connectivity index (χ2v) is 9.65. The SMILES string of the molecule is CCc1c2ccccc2nn1C(C)(C)c1ccc2c(c1)CC(C(C)C)N2C(C)C. The first-order valence-electron chi connectivity index (χ1n) is 11.1. The van der Waals surface area contributed by atoms with E-state index < -0.39 is 0 Å². The molecule has 1 aliphatic rings. The molecule has 0 saturated carbocycles. The molecule has 0 amide bonds. The van der Waals surface area contributed by atoms with Gasteiger partial charge in [0.25, 0.3) is 0 Å². The molecule has 0 spiro atoms. The minimum Gasteiger partial charge on any atom is -0.365 e. The molecular weight excluding hydrogens is 354 g/mol. The minimum atomic E-state index is -0.196. The van der Waals surface area contributed by atoms with Gasteiger partial charge < -0.3 is 4.90 Å². The van der Waals surface area contributed by atoms with E-state index in [1.165, 1.54) is 27.9 Å². The van der Waals surface area contributed by atoms with E-state index in [0.717, 1.165) is 18.4 Å². The highest BCUT2D eigenvalue weighted by atomic mass is 15.3. The van der Waals surface area contributed by atoms with Crippen LogP contribution in [0.25, 0.3) is 10.9 Å². The van der Waals surface area contributed by atoms with Crippen LogP contribution in [0, 0.1) is 5.92 Å². The van der Waals surface area contributed by atoms with Gasteiger partial charge in [0.15, 0.2) is 0 Å². The summed E-state index contributed by atoms with van der Waals surface area (Å²) in [5.74, 6) is 0.643. The van der Waals surface area contributed by atoms with Gasteiger partial charge in [0.05, 0.1) is 11.1 Å². The van der Waals surface area contributed by atoms with Crippen molar-refractivity contribution in [1.82, 2.24) is 9.78 Å². The van der Waals surface area contributed by atoms with Crippen LogP contribution >= 0.6 is 0 Å². The van der Waals surface area contributed by atoms with Crippen molar-refractivity contribution in [3.8, 4) is 0 Å². The topological polar surface area (TPSA) is 21.1 Å².